The molecule has 0 bridgehead atoms. The molecule has 0 fully saturated rings. The van der Waals surface area contributed by atoms with Crippen LogP contribution in [0.1, 0.15) is 20.7 Å². The molecule has 0 spiro atoms. The van der Waals surface area contributed by atoms with Gasteiger partial charge in [0.05, 0.1) is 21.2 Å². The van der Waals surface area contributed by atoms with Crippen LogP contribution in [0.25, 0.3) is 0 Å². The second kappa shape index (κ2) is 12.2. The van der Waals surface area contributed by atoms with Gasteiger partial charge in [-0.05, 0) is 60.7 Å². The van der Waals surface area contributed by atoms with Crippen molar-refractivity contribution in [3.8, 4) is 0 Å². The molecule has 4 rings (SSSR count). The maximum absolute atomic E-state index is 12.8. The molecule has 4 aromatic carbocycles. The lowest BCUT2D eigenvalue weighted by molar-refractivity contribution is 0.101. The summed E-state index contributed by atoms with van der Waals surface area (Å²) in [7, 11) is -7.00. The molecule has 10 nitrogen and oxygen atoms in total. The lowest BCUT2D eigenvalue weighted by atomic mass is 10.2. The molecule has 40 heavy (non-hydrogen) atoms. The Morgan fingerprint density at radius 1 is 0.550 bits per heavy atom. The molecule has 0 saturated carbocycles. The molecule has 0 aromatic heterocycles. The summed E-state index contributed by atoms with van der Waals surface area (Å²) in [6, 6.07) is 23.7. The molecule has 0 saturated heterocycles. The number of hydrogen-bond donors (Lipinski definition) is 4. The number of rotatable bonds is 9. The van der Waals surface area contributed by atoms with Crippen LogP contribution in [0.15, 0.2) is 117 Å². The number of nitrogens with one attached hydrogen (secondary N) is 2. The normalized spacial score (nSPS) is 11.6. The van der Waals surface area contributed by atoms with Gasteiger partial charge in [-0.25, -0.2) is 0 Å². The monoisotopic (exact) mass is 616 g/mol. The van der Waals surface area contributed by atoms with Crippen LogP contribution in [0.3, 0.4) is 0 Å². The first-order valence-electron chi connectivity index (χ1n) is 11.2. The summed E-state index contributed by atoms with van der Waals surface area (Å²) in [5.74, 6) is -1.04. The van der Waals surface area contributed by atoms with E-state index in [1.807, 2.05) is 0 Å². The van der Waals surface area contributed by atoms with E-state index >= 15 is 0 Å². The van der Waals surface area contributed by atoms with E-state index in [4.69, 9.17) is 0 Å². The largest absolute Gasteiger partial charge is 0.321 e. The van der Waals surface area contributed by atoms with Gasteiger partial charge in [-0.1, -0.05) is 58.0 Å². The van der Waals surface area contributed by atoms with Gasteiger partial charge in [0.15, 0.2) is 0 Å². The summed E-state index contributed by atoms with van der Waals surface area (Å²) in [5.41, 5.74) is 0.807. The highest BCUT2D eigenvalue weighted by molar-refractivity contribution is 8.76. The summed E-state index contributed by atoms with van der Waals surface area (Å²) in [4.78, 5) is 25.5. The van der Waals surface area contributed by atoms with Gasteiger partial charge in [0.2, 0.25) is 0 Å². The quantitative estimate of drug-likeness (QED) is 0.140. The highest BCUT2D eigenvalue weighted by atomic mass is 33.1. The molecular weight excluding hydrogens is 597 g/mol. The molecule has 0 heterocycles. The summed E-state index contributed by atoms with van der Waals surface area (Å²) in [6.07, 6.45) is 0. The molecule has 4 aromatic rings. The minimum atomic E-state index is -4.57. The number of carbonyl (C=O) groups excluding carboxylic acids is 2. The highest BCUT2D eigenvalue weighted by Crippen LogP contribution is 2.44. The number of benzene rings is 4. The lowest BCUT2D eigenvalue weighted by Crippen LogP contribution is -2.13. The van der Waals surface area contributed by atoms with Crippen LogP contribution >= 0.6 is 21.6 Å². The van der Waals surface area contributed by atoms with Gasteiger partial charge in [-0.15, -0.1) is 0 Å². The molecule has 206 valence electrons. The Hall–Kier alpha value is -3.66. The zero-order chi connectivity index (χ0) is 28.9. The Balaban J connectivity index is 1.66. The molecule has 4 N–H and O–H groups in total. The van der Waals surface area contributed by atoms with E-state index in [0.717, 1.165) is 45.9 Å². The van der Waals surface area contributed by atoms with Crippen LogP contribution in [-0.2, 0) is 20.2 Å². The average molecular weight is 617 g/mol. The van der Waals surface area contributed by atoms with Gasteiger partial charge in [0, 0.05) is 20.9 Å². The highest BCUT2D eigenvalue weighted by Gasteiger charge is 2.19. The predicted molar refractivity (Wildman–Crippen MR) is 153 cm³/mol. The van der Waals surface area contributed by atoms with Crippen LogP contribution in [0.4, 0.5) is 11.4 Å². The lowest BCUT2D eigenvalue weighted by Gasteiger charge is -2.14. The summed E-state index contributed by atoms with van der Waals surface area (Å²) < 4.78 is 65.9. The number of hydrogen-bond acceptors (Lipinski definition) is 8. The predicted octanol–water partition coefficient (Wildman–Crippen LogP) is 5.48. The molecule has 0 radical (unpaired) electrons. The van der Waals surface area contributed by atoms with Crippen molar-refractivity contribution in [2.75, 3.05) is 10.6 Å². The van der Waals surface area contributed by atoms with E-state index in [1.165, 1.54) is 12.1 Å². The smallest absolute Gasteiger partial charge is 0.294 e. The molecule has 0 aliphatic carbocycles. The fraction of sp³-hybridized carbons (Fsp3) is 0. The minimum Gasteiger partial charge on any atom is -0.321 e. The number of carbonyl (C=O) groups is 2. The fourth-order valence-corrected chi connectivity index (χ4v) is 6.59. The first-order valence-corrected chi connectivity index (χ1v) is 16.3. The topological polar surface area (TPSA) is 167 Å². The van der Waals surface area contributed by atoms with Gasteiger partial charge in [0.1, 0.15) is 0 Å². The zero-order valence-electron chi connectivity index (χ0n) is 20.2. The Labute approximate surface area is 238 Å². The Morgan fingerprint density at radius 3 is 1.23 bits per heavy atom. The molecule has 0 atom stereocenters. The van der Waals surface area contributed by atoms with Crippen LogP contribution in [0.5, 0.6) is 0 Å². The molecule has 14 heteroatoms. The third-order valence-electron chi connectivity index (χ3n) is 5.29. The third-order valence-corrected chi connectivity index (χ3v) is 9.47. The van der Waals surface area contributed by atoms with Crippen LogP contribution in [0.2, 0.25) is 0 Å². The molecule has 0 unspecified atom stereocenters. The Kier molecular flexibility index (Phi) is 8.98. The van der Waals surface area contributed by atoms with Crippen LogP contribution in [0, 0.1) is 0 Å². The van der Waals surface area contributed by atoms with Gasteiger partial charge < -0.3 is 10.6 Å². The van der Waals surface area contributed by atoms with Crippen molar-refractivity contribution in [2.45, 2.75) is 19.6 Å². The second-order valence-corrected chi connectivity index (χ2v) is 13.1. The minimum absolute atomic E-state index is 0.0888. The Morgan fingerprint density at radius 2 is 0.900 bits per heavy atom. The SMILES string of the molecule is O=C(Nc1cc(S(=O)(=O)O)ccc1SSc1ccc(S(=O)(=O)O)cc1NC(=O)c1ccccc1)c1ccccc1. The van der Waals surface area contributed by atoms with Gasteiger partial charge in [0.25, 0.3) is 32.1 Å². The Bertz CT molecular complexity index is 1650. The second-order valence-electron chi connectivity index (χ2n) is 8.07. The van der Waals surface area contributed by atoms with Crippen molar-refractivity contribution in [2.24, 2.45) is 0 Å². The van der Waals surface area contributed by atoms with Crippen molar-refractivity contribution in [3.63, 3.8) is 0 Å². The van der Waals surface area contributed by atoms with Crippen molar-refractivity contribution in [1.82, 2.24) is 0 Å². The zero-order valence-corrected chi connectivity index (χ0v) is 23.5. The third kappa shape index (κ3) is 7.50. The average Bonchev–Trinajstić information content (AvgIpc) is 2.92. The standard InChI is InChI=1S/C26H20N2O8S4/c29-25(17-7-3-1-4-8-17)27-21-15-19(39(31,32)33)11-13-23(21)37-38-24-14-12-20(40(34,35)36)16-22(24)28-26(30)18-9-5-2-6-10-18/h1-16H,(H,27,29)(H,28,30)(H,31,32,33)(H,34,35,36). The van der Waals surface area contributed by atoms with E-state index < -0.39 is 41.8 Å². The van der Waals surface area contributed by atoms with E-state index in [1.54, 1.807) is 60.7 Å². The first kappa shape index (κ1) is 29.3. The van der Waals surface area contributed by atoms with Crippen molar-refractivity contribution in [3.05, 3.63) is 108 Å². The molecular formula is C26H20N2O8S4. The van der Waals surface area contributed by atoms with E-state index in [2.05, 4.69) is 10.6 Å². The maximum atomic E-state index is 12.8. The van der Waals surface area contributed by atoms with E-state index in [0.29, 0.717) is 20.9 Å². The molecule has 0 aliphatic rings. The van der Waals surface area contributed by atoms with Crippen LogP contribution < -0.4 is 10.6 Å². The molecule has 0 aliphatic heterocycles. The molecule has 2 amide bonds. The van der Waals surface area contributed by atoms with Gasteiger partial charge in [-0.3, -0.25) is 18.7 Å². The number of amides is 2. The van der Waals surface area contributed by atoms with Crippen molar-refractivity contribution < 1.29 is 35.5 Å². The van der Waals surface area contributed by atoms with Crippen molar-refractivity contribution >= 4 is 65.0 Å². The number of anilines is 2. The summed E-state index contributed by atoms with van der Waals surface area (Å²) in [6.45, 7) is 0. The summed E-state index contributed by atoms with van der Waals surface area (Å²) in [5, 5.41) is 5.28. The van der Waals surface area contributed by atoms with Gasteiger partial charge in [-0.2, -0.15) is 16.8 Å². The van der Waals surface area contributed by atoms with Crippen molar-refractivity contribution in [1.29, 1.82) is 0 Å². The van der Waals surface area contributed by atoms with Gasteiger partial charge >= 0.3 is 0 Å². The van der Waals surface area contributed by atoms with Crippen LogP contribution in [-0.4, -0.2) is 37.8 Å². The fourth-order valence-electron chi connectivity index (χ4n) is 3.34. The maximum Gasteiger partial charge on any atom is 0.294 e. The summed E-state index contributed by atoms with van der Waals surface area (Å²) >= 11 is 0. The first-order chi connectivity index (χ1) is 18.9. The van der Waals surface area contributed by atoms with E-state index in [-0.39, 0.29) is 11.4 Å². The van der Waals surface area contributed by atoms with E-state index in [9.17, 15) is 35.5 Å².